The molecule has 2 saturated heterocycles. The summed E-state index contributed by atoms with van der Waals surface area (Å²) < 4.78 is 6.29. The molecule has 2 fully saturated rings. The predicted molar refractivity (Wildman–Crippen MR) is 159 cm³/mol. The van der Waals surface area contributed by atoms with Gasteiger partial charge in [0.25, 0.3) is 0 Å². The second-order valence-corrected chi connectivity index (χ2v) is 11.8. The van der Waals surface area contributed by atoms with Crippen molar-refractivity contribution in [3.63, 3.8) is 0 Å². The molecule has 7 nitrogen and oxygen atoms in total. The van der Waals surface area contributed by atoms with Crippen LogP contribution in [0, 0.1) is 5.92 Å². The molecule has 3 aromatic rings. The third-order valence-electron chi connectivity index (χ3n) is 9.11. The lowest BCUT2D eigenvalue weighted by Gasteiger charge is -2.35. The molecule has 0 unspecified atom stereocenters. The van der Waals surface area contributed by atoms with Crippen LogP contribution in [0.15, 0.2) is 60.2 Å². The zero-order valence-corrected chi connectivity index (χ0v) is 23.7. The highest BCUT2D eigenvalue weighted by molar-refractivity contribution is 6.36. The Kier molecular flexibility index (Phi) is 6.51. The molecular formula is C32H34ClN5O2. The lowest BCUT2D eigenvalue weighted by atomic mass is 10.0. The Morgan fingerprint density at radius 3 is 2.75 bits per heavy atom. The van der Waals surface area contributed by atoms with Crippen LogP contribution in [-0.4, -0.2) is 66.5 Å². The van der Waals surface area contributed by atoms with Crippen molar-refractivity contribution in [1.29, 1.82) is 0 Å². The summed E-state index contributed by atoms with van der Waals surface area (Å²) >= 11 is 6.69. The zero-order chi connectivity index (χ0) is 27.4. The van der Waals surface area contributed by atoms with Crippen LogP contribution in [0.5, 0.6) is 6.01 Å². The topological polar surface area (TPSA) is 61.8 Å². The van der Waals surface area contributed by atoms with Gasteiger partial charge in [0.1, 0.15) is 12.4 Å². The summed E-state index contributed by atoms with van der Waals surface area (Å²) in [6, 6.07) is 13.3. The van der Waals surface area contributed by atoms with Gasteiger partial charge in [-0.3, -0.25) is 4.79 Å². The Labute approximate surface area is 240 Å². The molecule has 2 atom stereocenters. The molecule has 1 aliphatic carbocycles. The number of carbonyl (C=O) groups excluding carboxylic acids is 1. The number of aromatic nitrogens is 2. The number of likely N-dealkylation sites (N-methyl/N-ethyl adjacent to an activating group) is 1. The largest absolute Gasteiger partial charge is 0.462 e. The minimum atomic E-state index is 0.0701. The highest BCUT2D eigenvalue weighted by Crippen LogP contribution is 2.47. The van der Waals surface area contributed by atoms with E-state index in [2.05, 4.69) is 52.6 Å². The number of halogens is 1. The number of piperidine rings is 1. The van der Waals surface area contributed by atoms with Gasteiger partial charge in [-0.1, -0.05) is 48.0 Å². The van der Waals surface area contributed by atoms with E-state index < -0.39 is 0 Å². The molecule has 3 aliphatic heterocycles. The van der Waals surface area contributed by atoms with Crippen molar-refractivity contribution in [3.05, 3.63) is 76.5 Å². The summed E-state index contributed by atoms with van der Waals surface area (Å²) in [6.45, 7) is 8.51. The van der Waals surface area contributed by atoms with Gasteiger partial charge in [0.15, 0.2) is 5.78 Å². The number of hydrogen-bond donors (Lipinski definition) is 0. The number of benzene rings is 2. The van der Waals surface area contributed by atoms with Crippen LogP contribution in [0.4, 0.5) is 11.5 Å². The van der Waals surface area contributed by atoms with Gasteiger partial charge in [0, 0.05) is 53.8 Å². The van der Waals surface area contributed by atoms with Crippen molar-refractivity contribution in [2.24, 2.45) is 5.92 Å². The standard InChI is InChI=1S/C32H34ClN5O2/c1-3-28(39)30-22-12-16-38(17-24(22)30)31-23-13-15-37(27-11-5-8-20-7-4-10-25(33)29(20)27)18-26(23)34-32(35-31)40-19-21-9-6-14-36(21)2/h3-5,7-8,10-11,21,24H,1,6,9,12-19H2,2H3/t21-,24+/m0/s1. The number of likely N-dealkylation sites (tertiary alicyclic amines) is 1. The summed E-state index contributed by atoms with van der Waals surface area (Å²) in [4.78, 5) is 29.4. The molecule has 0 spiro atoms. The van der Waals surface area contributed by atoms with Crippen molar-refractivity contribution in [1.82, 2.24) is 14.9 Å². The first-order valence-electron chi connectivity index (χ1n) is 14.3. The predicted octanol–water partition coefficient (Wildman–Crippen LogP) is 5.21. The average Bonchev–Trinajstić information content (AvgIpc) is 3.56. The van der Waals surface area contributed by atoms with Crippen molar-refractivity contribution in [2.75, 3.05) is 49.6 Å². The molecule has 40 heavy (non-hydrogen) atoms. The molecule has 2 aromatic carbocycles. The molecule has 7 rings (SSSR count). The molecule has 0 N–H and O–H groups in total. The van der Waals surface area contributed by atoms with Crippen LogP contribution >= 0.6 is 11.6 Å². The van der Waals surface area contributed by atoms with E-state index in [9.17, 15) is 4.79 Å². The minimum absolute atomic E-state index is 0.0701. The Morgan fingerprint density at radius 2 is 1.95 bits per heavy atom. The van der Waals surface area contributed by atoms with Crippen molar-refractivity contribution in [3.8, 4) is 6.01 Å². The normalized spacial score (nSPS) is 22.4. The van der Waals surface area contributed by atoms with Crippen LogP contribution in [0.1, 0.15) is 30.5 Å². The molecule has 206 valence electrons. The lowest BCUT2D eigenvalue weighted by molar-refractivity contribution is -0.111. The molecule has 4 aliphatic rings. The number of hydrogen-bond acceptors (Lipinski definition) is 7. The molecule has 4 heterocycles. The number of allylic oxidation sites excluding steroid dienone is 1. The number of carbonyl (C=O) groups is 1. The van der Waals surface area contributed by atoms with E-state index in [0.29, 0.717) is 25.2 Å². The maximum atomic E-state index is 12.3. The Hall–Kier alpha value is -3.42. The van der Waals surface area contributed by atoms with Crippen molar-refractivity contribution >= 4 is 39.7 Å². The fourth-order valence-electron chi connectivity index (χ4n) is 6.85. The monoisotopic (exact) mass is 555 g/mol. The number of ketones is 1. The summed E-state index contributed by atoms with van der Waals surface area (Å²) in [7, 11) is 2.16. The van der Waals surface area contributed by atoms with Crippen LogP contribution < -0.4 is 14.5 Å². The molecule has 1 aromatic heterocycles. The molecule has 0 amide bonds. The number of rotatable bonds is 7. The van der Waals surface area contributed by atoms with E-state index in [-0.39, 0.29) is 11.7 Å². The Bertz CT molecular complexity index is 1550. The van der Waals surface area contributed by atoms with Crippen LogP contribution in [0.25, 0.3) is 10.8 Å². The third-order valence-corrected chi connectivity index (χ3v) is 9.42. The molecular weight excluding hydrogens is 522 g/mol. The summed E-state index contributed by atoms with van der Waals surface area (Å²) in [6.07, 6.45) is 5.49. The van der Waals surface area contributed by atoms with Gasteiger partial charge in [-0.2, -0.15) is 9.97 Å². The van der Waals surface area contributed by atoms with Gasteiger partial charge >= 0.3 is 6.01 Å². The Balaban J connectivity index is 1.21. The summed E-state index contributed by atoms with van der Waals surface area (Å²) in [5.41, 5.74) is 5.57. The van der Waals surface area contributed by atoms with E-state index in [1.165, 1.54) is 23.6 Å². The third kappa shape index (κ3) is 4.45. The second-order valence-electron chi connectivity index (χ2n) is 11.4. The van der Waals surface area contributed by atoms with Gasteiger partial charge in [-0.05, 0) is 62.9 Å². The van der Waals surface area contributed by atoms with Gasteiger partial charge in [0.2, 0.25) is 0 Å². The van der Waals surface area contributed by atoms with E-state index in [4.69, 9.17) is 26.3 Å². The fourth-order valence-corrected chi connectivity index (χ4v) is 7.13. The van der Waals surface area contributed by atoms with Gasteiger partial charge < -0.3 is 19.4 Å². The summed E-state index contributed by atoms with van der Waals surface area (Å²) in [5.74, 6) is 1.26. The lowest BCUT2D eigenvalue weighted by Crippen LogP contribution is -2.37. The number of nitrogens with zero attached hydrogens (tertiary/aromatic N) is 5. The molecule has 0 radical (unpaired) electrons. The number of fused-ring (bicyclic) bond motifs is 3. The zero-order valence-electron chi connectivity index (χ0n) is 22.9. The maximum Gasteiger partial charge on any atom is 0.318 e. The van der Waals surface area contributed by atoms with Gasteiger partial charge in [-0.25, -0.2) is 0 Å². The quantitative estimate of drug-likeness (QED) is 0.371. The minimum Gasteiger partial charge on any atom is -0.462 e. The first-order chi connectivity index (χ1) is 19.5. The van der Waals surface area contributed by atoms with E-state index in [1.807, 2.05) is 12.1 Å². The van der Waals surface area contributed by atoms with Crippen molar-refractivity contribution in [2.45, 2.75) is 38.3 Å². The summed E-state index contributed by atoms with van der Waals surface area (Å²) in [5, 5.41) is 2.97. The first-order valence-corrected chi connectivity index (χ1v) is 14.7. The Morgan fingerprint density at radius 1 is 1.12 bits per heavy atom. The van der Waals surface area contributed by atoms with E-state index >= 15 is 0 Å². The smallest absolute Gasteiger partial charge is 0.318 e. The van der Waals surface area contributed by atoms with E-state index in [0.717, 1.165) is 84.0 Å². The highest BCUT2D eigenvalue weighted by Gasteiger charge is 2.44. The average molecular weight is 556 g/mol. The van der Waals surface area contributed by atoms with Crippen LogP contribution in [0.3, 0.4) is 0 Å². The number of ether oxygens (including phenoxy) is 1. The van der Waals surface area contributed by atoms with Crippen LogP contribution in [0.2, 0.25) is 5.02 Å². The SMILES string of the molecule is C=CC(=O)C1=C2CCN(c3nc(OC[C@@H]4CCCN4C)nc4c3CCN(c3cccc5cccc(Cl)c35)C4)C[C@H]21. The van der Waals surface area contributed by atoms with Gasteiger partial charge in [0.05, 0.1) is 17.3 Å². The molecule has 0 bridgehead atoms. The molecule has 0 saturated carbocycles. The number of anilines is 2. The van der Waals surface area contributed by atoms with E-state index in [1.54, 1.807) is 0 Å². The van der Waals surface area contributed by atoms with Gasteiger partial charge in [-0.15, -0.1) is 0 Å². The maximum absolute atomic E-state index is 12.3. The van der Waals surface area contributed by atoms with Crippen molar-refractivity contribution < 1.29 is 9.53 Å². The molecule has 8 heteroatoms. The fraction of sp³-hybridized carbons (Fsp3) is 0.406. The van der Waals surface area contributed by atoms with Crippen LogP contribution in [-0.2, 0) is 17.8 Å². The second kappa shape index (κ2) is 10.2. The highest BCUT2D eigenvalue weighted by atomic mass is 35.5. The first kappa shape index (κ1) is 25.5.